The van der Waals surface area contributed by atoms with E-state index in [1.165, 1.54) is 61.3 Å². The largest absolute Gasteiger partial charge is 0.490 e. The fourth-order valence-electron chi connectivity index (χ4n) is 10.4. The molecule has 14 rings (SSSR count). The molecular formula is C99H126N13O33P3S2. The molecule has 10 aromatic rings. The van der Waals surface area contributed by atoms with Crippen molar-refractivity contribution in [2.75, 3.05) is 53.7 Å². The first-order valence-electron chi connectivity index (χ1n) is 45.9. The number of phosphoric ester groups is 3. The zero-order chi connectivity index (χ0) is 113. The number of likely N-dealkylation sites (N-methyl/N-ethyl adjacent to an activating group) is 1. The first-order chi connectivity index (χ1) is 71.0. The number of nitrogens with one attached hydrogen (secondary N) is 1. The second-order valence-electron chi connectivity index (χ2n) is 29.8. The van der Waals surface area contributed by atoms with E-state index in [2.05, 4.69) is 159 Å². The maximum absolute atomic E-state index is 10.9. The molecule has 4 saturated heterocycles. The Morgan fingerprint density at radius 2 is 0.607 bits per heavy atom. The molecule has 5 aromatic heterocycles. The summed E-state index contributed by atoms with van der Waals surface area (Å²) in [5.74, 6) is -5.83. The van der Waals surface area contributed by atoms with Gasteiger partial charge in [0, 0.05) is 161 Å². The average molecular weight is 2180 g/mol. The van der Waals surface area contributed by atoms with Gasteiger partial charge in [-0.05, 0) is 118 Å². The van der Waals surface area contributed by atoms with Crippen LogP contribution in [0.25, 0.3) is 54.5 Å². The van der Waals surface area contributed by atoms with E-state index >= 15 is 0 Å². The Morgan fingerprint density at radius 1 is 0.373 bits per heavy atom. The molecule has 9 N–H and O–H groups in total. The van der Waals surface area contributed by atoms with Gasteiger partial charge >= 0.3 is 47.3 Å². The number of hydrogen-bond donors (Lipinski definition) is 8. The van der Waals surface area contributed by atoms with E-state index in [0.29, 0.717) is 46.1 Å². The van der Waals surface area contributed by atoms with Gasteiger partial charge in [-0.25, -0.2) is 32.9 Å². The summed E-state index contributed by atoms with van der Waals surface area (Å²) in [5.41, 5.74) is 10.3. The van der Waals surface area contributed by atoms with Crippen LogP contribution >= 0.6 is 47.9 Å². The molecule has 150 heavy (non-hydrogen) atoms. The van der Waals surface area contributed by atoms with Gasteiger partial charge in [-0.3, -0.25) is 96.7 Å². The highest BCUT2D eigenvalue weighted by Crippen LogP contribution is 2.37. The minimum atomic E-state index is -4.44. The monoisotopic (exact) mass is 2180 g/mol. The number of carbonyl (C=O) groups is 15. The second-order valence-corrected chi connectivity index (χ2v) is 34.6. The minimum Gasteiger partial charge on any atom is -0.490 e. The molecule has 46 nitrogen and oxygen atoms in total. The number of hydroxylamine groups is 8. The summed E-state index contributed by atoms with van der Waals surface area (Å²) in [4.78, 5) is 251. The van der Waals surface area contributed by atoms with Crippen LogP contribution < -0.4 is 5.73 Å². The van der Waals surface area contributed by atoms with Crippen LogP contribution in [0, 0.1) is 16.9 Å². The molecule has 5 aromatic carbocycles. The highest BCUT2D eigenvalue weighted by Gasteiger charge is 2.36. The summed E-state index contributed by atoms with van der Waals surface area (Å²) in [5, 5.41) is 22.6. The highest BCUT2D eigenvalue weighted by molar-refractivity contribution is 7.80. The number of carbonyl (C=O) groups excluding carboxylic acids is 15. The van der Waals surface area contributed by atoms with E-state index in [1.54, 1.807) is 34.6 Å². The number of rotatable bonds is 27. The van der Waals surface area contributed by atoms with Crippen molar-refractivity contribution < 1.29 is 157 Å². The number of Topliss-reactive ketones (excluding diaryl/α,β-unsaturated/α-hetero) is 3. The fraction of sp³-hybridized carbons (Fsp3) is 0.354. The third-order valence-electron chi connectivity index (χ3n) is 18.0. The average Bonchev–Trinajstić information content (AvgIpc) is 1.18. The molecule has 0 atom stereocenters. The summed E-state index contributed by atoms with van der Waals surface area (Å²) >= 11 is 9.40. The Hall–Kier alpha value is -14.4. The standard InChI is InChI=1S/5C9H7N.4C7H9NO4.C7H15NO.C5H10N2O.C5H11O4PS.C4H9O5PS.C3H7O5P.C2H3NO/c5*1-2-6-9-8(4-1)5-3-7-10-9;4*1-2-7(11)12-8-5(9)3-4-6(8)10;1-4-8(5-2)6-7(3)9;1-4(8)2-3-5(6)7;1-2-5(11)3-4-9-10(6,7)8;1-8-4(11)2-3-9-10(5,6)7;1-3(4)2-8-9(5,6)7;1-4-2-3/h5*1-7H;4*2-4H2,1H3;4-6H2,1-3H3;2-3H2,1H3,(H3,6,7);2-4H2,1H3,(H2,6,7,8);2-3H2,1H3,(H2,5,6,7);2H2,1H3,(H2,5,6,7);1H3. The highest BCUT2D eigenvalue weighted by atomic mass is 32.1. The van der Waals surface area contributed by atoms with Gasteiger partial charge in [0.2, 0.25) is 0 Å². The molecular weight excluding hydrogens is 2060 g/mol. The molecule has 0 aliphatic carbocycles. The number of amidine groups is 1. The topological polar surface area (TPSA) is 666 Å². The van der Waals surface area contributed by atoms with Crippen molar-refractivity contribution in [3.05, 3.63) is 213 Å². The van der Waals surface area contributed by atoms with Gasteiger partial charge in [0.05, 0.1) is 67.4 Å². The lowest BCUT2D eigenvalue weighted by Crippen LogP contribution is -2.31. The number of amides is 8. The second kappa shape index (κ2) is 77.9. The third-order valence-corrected chi connectivity index (χ3v) is 20.3. The van der Waals surface area contributed by atoms with E-state index in [-0.39, 0.29) is 119 Å². The van der Waals surface area contributed by atoms with Crippen molar-refractivity contribution >= 4 is 207 Å². The number of nitrogens with zero attached hydrogens (tertiary/aromatic N) is 11. The number of nitrogens with two attached hydrogens (primary N) is 1. The number of benzene rings is 5. The summed E-state index contributed by atoms with van der Waals surface area (Å²) in [7, 11) is -10.4. The van der Waals surface area contributed by atoms with Crippen molar-refractivity contribution in [3.63, 3.8) is 0 Å². The number of ether oxygens (including phenoxy) is 2. The molecule has 0 spiro atoms. The number of methoxy groups -OCH3 is 2. The number of nitriles is 1. The molecule has 4 fully saturated rings. The maximum Gasteiger partial charge on any atom is 0.470 e. The normalized spacial score (nSPS) is 12.3. The van der Waals surface area contributed by atoms with Gasteiger partial charge in [0.15, 0.2) is 10.8 Å². The summed E-state index contributed by atoms with van der Waals surface area (Å²) < 4.78 is 50.6. The molecule has 8 amide bonds. The quantitative estimate of drug-likeness (QED) is 0.00592. The van der Waals surface area contributed by atoms with Crippen LogP contribution in [0.5, 0.6) is 0 Å². The fourth-order valence-corrected chi connectivity index (χ4v) is 11.6. The lowest BCUT2D eigenvalue weighted by Gasteiger charge is -2.14. The Balaban J connectivity index is 0.00000159. The first-order valence-corrected chi connectivity index (χ1v) is 51.3. The summed E-state index contributed by atoms with van der Waals surface area (Å²) in [6, 6.07) is 60.4. The van der Waals surface area contributed by atoms with Crippen molar-refractivity contribution in [2.24, 2.45) is 5.73 Å². The smallest absolute Gasteiger partial charge is 0.470 e. The number of hydrogen-bond acceptors (Lipinski definition) is 37. The number of para-hydroxylation sites is 5. The van der Waals surface area contributed by atoms with Crippen LogP contribution in [-0.2, 0) is 128 Å². The molecule has 4 aliphatic heterocycles. The van der Waals surface area contributed by atoms with Crippen molar-refractivity contribution in [1.82, 2.24) is 50.1 Å². The number of aromatic nitrogens is 5. The summed E-state index contributed by atoms with van der Waals surface area (Å²) in [6.45, 7) is 18.5. The van der Waals surface area contributed by atoms with E-state index in [9.17, 15) is 85.6 Å². The van der Waals surface area contributed by atoms with Crippen LogP contribution in [0.4, 0.5) is 0 Å². The lowest BCUT2D eigenvalue weighted by molar-refractivity contribution is -0.197. The van der Waals surface area contributed by atoms with Gasteiger partial charge in [-0.15, -0.1) is 20.3 Å². The summed E-state index contributed by atoms with van der Waals surface area (Å²) in [6.07, 6.45) is 14.3. The lowest BCUT2D eigenvalue weighted by atomic mass is 10.2. The van der Waals surface area contributed by atoms with E-state index in [1.807, 2.05) is 159 Å². The number of thiocarbonyl (C=S) groups is 2. The maximum atomic E-state index is 10.9. The first kappa shape index (κ1) is 136. The van der Waals surface area contributed by atoms with Crippen molar-refractivity contribution in [3.8, 4) is 6.26 Å². The van der Waals surface area contributed by atoms with Gasteiger partial charge in [0.1, 0.15) is 18.2 Å². The van der Waals surface area contributed by atoms with Crippen LogP contribution in [-0.4, -0.2) is 237 Å². The predicted molar refractivity (Wildman–Crippen MR) is 558 cm³/mol. The number of fused-ring (bicyclic) bond motifs is 5. The molecule has 0 saturated carbocycles. The number of imide groups is 4. The number of ketones is 3. The predicted octanol–water partition coefficient (Wildman–Crippen LogP) is 13.9. The van der Waals surface area contributed by atoms with Crippen LogP contribution in [0.15, 0.2) is 213 Å². The molecule has 9 heterocycles. The van der Waals surface area contributed by atoms with Crippen molar-refractivity contribution in [1.29, 1.82) is 10.7 Å². The molecule has 812 valence electrons. The van der Waals surface area contributed by atoms with Gasteiger partial charge in [-0.1, -0.05) is 182 Å². The Bertz CT molecular complexity index is 5170. The van der Waals surface area contributed by atoms with Crippen LogP contribution in [0.3, 0.4) is 0 Å². The van der Waals surface area contributed by atoms with Gasteiger partial charge < -0.3 is 68.7 Å². The minimum absolute atomic E-state index is 0.00302. The third kappa shape index (κ3) is 65.4. The van der Waals surface area contributed by atoms with Gasteiger partial charge in [0.25, 0.3) is 53.5 Å². The molecule has 4 aliphatic rings. The molecule has 0 unspecified atom stereocenters. The number of pyridine rings is 5. The number of phosphoric acid groups is 3. The SMILES string of the molecule is CC(=O)CCC(=N)N.CC(=O)COP(=O)(O)O.CCC(=O)ON1C(=O)CCC1=O.CCC(=O)ON1C(=O)CCC1=O.CCC(=O)ON1C(=O)CCC1=O.CCC(=O)ON1C(=O)CCC1=O.CCC(=S)CCOP(=O)(O)O.CCN(CC)CC(C)=O.COC#N.COC(=S)CCOP(=O)(O)O.c1ccc2ncccc2c1.c1ccc2ncccc2c1.c1ccc2ncccc2c1.c1ccc2ncccc2c1.c1ccc2ncccc2c1. The van der Waals surface area contributed by atoms with Gasteiger partial charge in [-0.2, -0.15) is 5.26 Å². The van der Waals surface area contributed by atoms with E-state index < -0.39 is 107 Å². The van der Waals surface area contributed by atoms with Crippen LogP contribution in [0.2, 0.25) is 0 Å². The Labute approximate surface area is 877 Å². The Morgan fingerprint density at radius 3 is 0.767 bits per heavy atom. The Kier molecular flexibility index (Phi) is 70.5. The van der Waals surface area contributed by atoms with E-state index in [0.717, 1.165) is 52.0 Å². The molecule has 0 radical (unpaired) electrons. The van der Waals surface area contributed by atoms with Crippen molar-refractivity contribution in [2.45, 2.75) is 178 Å². The van der Waals surface area contributed by atoms with Crippen LogP contribution in [0.1, 0.15) is 178 Å². The molecule has 0 bridgehead atoms. The van der Waals surface area contributed by atoms with E-state index in [4.69, 9.17) is 58.0 Å². The zero-order valence-corrected chi connectivity index (χ0v) is 89.1. The molecule has 51 heteroatoms. The zero-order valence-electron chi connectivity index (χ0n) is 84.8.